The number of benzene rings is 2. The van der Waals surface area contributed by atoms with Crippen LogP contribution < -0.4 is 14.8 Å². The number of fused-ring (bicyclic) bond motifs is 1. The monoisotopic (exact) mass is 480 g/mol. The van der Waals surface area contributed by atoms with Crippen molar-refractivity contribution < 1.29 is 18.7 Å². The van der Waals surface area contributed by atoms with Crippen LogP contribution in [0.25, 0.3) is 0 Å². The average Bonchev–Trinajstić information content (AvgIpc) is 3.15. The lowest BCUT2D eigenvalue weighted by atomic mass is 10.0. The van der Waals surface area contributed by atoms with E-state index in [1.165, 1.54) is 25.6 Å². The molecule has 7 nitrogen and oxygen atoms in total. The summed E-state index contributed by atoms with van der Waals surface area (Å²) in [5.41, 5.74) is 1.04. The topological polar surface area (TPSA) is 78.3 Å². The van der Waals surface area contributed by atoms with Gasteiger partial charge in [-0.15, -0.1) is 0 Å². The number of carbonyl (C=O) groups excluding carboxylic acids is 1. The van der Waals surface area contributed by atoms with Crippen LogP contribution in [0.1, 0.15) is 23.6 Å². The first kappa shape index (κ1) is 19.7. The van der Waals surface area contributed by atoms with E-state index in [0.717, 1.165) is 5.56 Å². The summed E-state index contributed by atoms with van der Waals surface area (Å²) in [6, 6.07) is 7.69. The summed E-state index contributed by atoms with van der Waals surface area (Å²) in [6.07, 6.45) is 1.59. The van der Waals surface area contributed by atoms with Gasteiger partial charge in [0.2, 0.25) is 11.9 Å². The summed E-state index contributed by atoms with van der Waals surface area (Å²) in [5, 5.41) is 7.16. The number of anilines is 1. The average molecular weight is 482 g/mol. The Balaban J connectivity index is 1.66. The van der Waals surface area contributed by atoms with Crippen molar-refractivity contribution in [3.05, 3.63) is 63.1 Å². The first-order valence-electron chi connectivity index (χ1n) is 8.60. The molecule has 1 amide bonds. The van der Waals surface area contributed by atoms with Crippen LogP contribution in [-0.2, 0) is 11.4 Å². The highest BCUT2D eigenvalue weighted by Gasteiger charge is 2.29. The van der Waals surface area contributed by atoms with E-state index in [1.54, 1.807) is 16.8 Å². The Kier molecular flexibility index (Phi) is 5.42. The van der Waals surface area contributed by atoms with Gasteiger partial charge in [-0.25, -0.2) is 9.07 Å². The van der Waals surface area contributed by atoms with Crippen molar-refractivity contribution in [3.63, 3.8) is 0 Å². The zero-order valence-electron chi connectivity index (χ0n) is 15.2. The Morgan fingerprint density at radius 3 is 3.00 bits per heavy atom. The van der Waals surface area contributed by atoms with E-state index in [-0.39, 0.29) is 35.6 Å². The summed E-state index contributed by atoms with van der Waals surface area (Å²) in [7, 11) is 1.50. The number of carbonyl (C=O) groups is 1. The Hall–Kier alpha value is -2.65. The van der Waals surface area contributed by atoms with Crippen molar-refractivity contribution in [2.24, 2.45) is 0 Å². The Labute approximate surface area is 178 Å². The third-order valence-electron chi connectivity index (χ3n) is 4.56. The first-order valence-corrected chi connectivity index (χ1v) is 9.77. The van der Waals surface area contributed by atoms with Gasteiger partial charge in [0.25, 0.3) is 0 Å². The minimum Gasteiger partial charge on any atom is -0.493 e. The lowest BCUT2D eigenvalue weighted by Crippen LogP contribution is -2.29. The summed E-state index contributed by atoms with van der Waals surface area (Å²) in [4.78, 5) is 16.1. The van der Waals surface area contributed by atoms with Crippen LogP contribution in [0, 0.1) is 5.82 Å². The maximum atomic E-state index is 14.0. The minimum atomic E-state index is -0.448. The molecule has 0 saturated heterocycles. The lowest BCUT2D eigenvalue weighted by molar-refractivity contribution is -0.117. The fourth-order valence-electron chi connectivity index (χ4n) is 3.15. The molecule has 1 N–H and O–H groups in total. The summed E-state index contributed by atoms with van der Waals surface area (Å²) in [5.74, 6) is 0.608. The predicted molar refractivity (Wildman–Crippen MR) is 108 cm³/mol. The van der Waals surface area contributed by atoms with Gasteiger partial charge in [0.1, 0.15) is 18.8 Å². The zero-order chi connectivity index (χ0) is 20.5. The molecule has 0 fully saturated rings. The van der Waals surface area contributed by atoms with Crippen LogP contribution in [0.4, 0.5) is 10.3 Å². The molecule has 150 valence electrons. The Morgan fingerprint density at radius 2 is 2.24 bits per heavy atom. The zero-order valence-corrected chi connectivity index (χ0v) is 17.5. The first-order chi connectivity index (χ1) is 14.0. The van der Waals surface area contributed by atoms with Crippen molar-refractivity contribution in [3.8, 4) is 11.5 Å². The molecule has 0 spiro atoms. The molecule has 0 radical (unpaired) electrons. The van der Waals surface area contributed by atoms with Gasteiger partial charge < -0.3 is 9.47 Å². The molecule has 1 atom stereocenters. The van der Waals surface area contributed by atoms with Gasteiger partial charge in [-0.1, -0.05) is 17.7 Å². The number of hydrogen-bond acceptors (Lipinski definition) is 5. The molecule has 4 rings (SSSR count). The fraction of sp³-hybridized carbons (Fsp3) is 0.211. The fourth-order valence-corrected chi connectivity index (χ4v) is 3.94. The molecular weight excluding hydrogens is 467 g/mol. The van der Waals surface area contributed by atoms with Gasteiger partial charge in [0, 0.05) is 5.56 Å². The summed E-state index contributed by atoms with van der Waals surface area (Å²) >= 11 is 9.55. The lowest BCUT2D eigenvalue weighted by Gasteiger charge is -2.25. The van der Waals surface area contributed by atoms with E-state index in [2.05, 4.69) is 31.3 Å². The van der Waals surface area contributed by atoms with Gasteiger partial charge in [-0.2, -0.15) is 10.1 Å². The third kappa shape index (κ3) is 3.79. The van der Waals surface area contributed by atoms with E-state index in [1.807, 2.05) is 6.07 Å². The molecule has 1 aromatic heterocycles. The quantitative estimate of drug-likeness (QED) is 0.586. The second-order valence-electron chi connectivity index (χ2n) is 6.32. The number of halogens is 3. The molecule has 10 heteroatoms. The van der Waals surface area contributed by atoms with Gasteiger partial charge in [0.05, 0.1) is 29.1 Å². The molecule has 3 aromatic rings. The maximum absolute atomic E-state index is 14.0. The van der Waals surface area contributed by atoms with Crippen molar-refractivity contribution in [2.45, 2.75) is 19.1 Å². The van der Waals surface area contributed by atoms with E-state index in [0.29, 0.717) is 21.9 Å². The van der Waals surface area contributed by atoms with Crippen LogP contribution in [0.5, 0.6) is 11.5 Å². The second kappa shape index (κ2) is 8.00. The molecule has 0 bridgehead atoms. The van der Waals surface area contributed by atoms with Gasteiger partial charge in [0.15, 0.2) is 11.5 Å². The van der Waals surface area contributed by atoms with E-state index >= 15 is 0 Å². The molecule has 29 heavy (non-hydrogen) atoms. The molecule has 0 saturated carbocycles. The van der Waals surface area contributed by atoms with Crippen molar-refractivity contribution in [2.75, 3.05) is 12.4 Å². The van der Waals surface area contributed by atoms with Gasteiger partial charge in [-0.05, 0) is 45.8 Å². The number of ether oxygens (including phenoxy) is 2. The molecular formula is C19H15BrClFN4O3. The molecule has 2 aromatic carbocycles. The summed E-state index contributed by atoms with van der Waals surface area (Å²) < 4.78 is 27.5. The van der Waals surface area contributed by atoms with Crippen LogP contribution in [0.2, 0.25) is 5.02 Å². The minimum absolute atomic E-state index is 0.0706. The third-order valence-corrected chi connectivity index (χ3v) is 5.50. The number of amides is 1. The number of nitrogens with zero attached hydrogens (tertiary/aromatic N) is 3. The Bertz CT molecular complexity index is 1070. The molecule has 2 heterocycles. The molecule has 1 aliphatic heterocycles. The standard InChI is InChI=1S/C19H15BrClFN4O3/c1-28-16-6-10(15-7-17(27)25-19-23-9-24-26(15)19)5-12(20)18(16)29-8-11-13(21)3-2-4-14(11)22/h2-6,9,15H,7-8H2,1H3,(H,23,24,25,27). The van der Waals surface area contributed by atoms with E-state index in [4.69, 9.17) is 21.1 Å². The Morgan fingerprint density at radius 1 is 1.41 bits per heavy atom. The van der Waals surface area contributed by atoms with E-state index < -0.39 is 5.82 Å². The number of rotatable bonds is 5. The predicted octanol–water partition coefficient (Wildman–Crippen LogP) is 4.35. The summed E-state index contributed by atoms with van der Waals surface area (Å²) in [6.45, 7) is -0.0706. The number of methoxy groups -OCH3 is 1. The van der Waals surface area contributed by atoms with Crippen molar-refractivity contribution in [1.29, 1.82) is 0 Å². The highest BCUT2D eigenvalue weighted by molar-refractivity contribution is 9.10. The smallest absolute Gasteiger partial charge is 0.229 e. The van der Waals surface area contributed by atoms with Crippen LogP contribution in [0.3, 0.4) is 0 Å². The SMILES string of the molecule is COc1cc(C2CC(=O)Nc3ncnn32)cc(Br)c1OCc1c(F)cccc1Cl. The molecule has 0 aliphatic carbocycles. The normalized spacial score (nSPS) is 15.6. The van der Waals surface area contributed by atoms with Crippen molar-refractivity contribution >= 4 is 39.4 Å². The number of hydrogen-bond donors (Lipinski definition) is 1. The maximum Gasteiger partial charge on any atom is 0.229 e. The largest absolute Gasteiger partial charge is 0.493 e. The number of nitrogens with one attached hydrogen (secondary N) is 1. The van der Waals surface area contributed by atoms with Gasteiger partial charge >= 0.3 is 0 Å². The molecule has 1 unspecified atom stereocenters. The number of aromatic nitrogens is 3. The van der Waals surface area contributed by atoms with Crippen LogP contribution in [-0.4, -0.2) is 27.8 Å². The van der Waals surface area contributed by atoms with Gasteiger partial charge in [-0.3, -0.25) is 10.1 Å². The second-order valence-corrected chi connectivity index (χ2v) is 7.58. The highest BCUT2D eigenvalue weighted by Crippen LogP contribution is 2.41. The molecule has 1 aliphatic rings. The highest BCUT2D eigenvalue weighted by atomic mass is 79.9. The van der Waals surface area contributed by atoms with Crippen LogP contribution in [0.15, 0.2) is 41.1 Å². The van der Waals surface area contributed by atoms with Crippen molar-refractivity contribution in [1.82, 2.24) is 14.8 Å². The van der Waals surface area contributed by atoms with E-state index in [9.17, 15) is 9.18 Å². The van der Waals surface area contributed by atoms with Crippen LogP contribution >= 0.6 is 27.5 Å².